The Labute approximate surface area is 80.7 Å². The van der Waals surface area contributed by atoms with E-state index in [1.54, 1.807) is 13.3 Å². The first kappa shape index (κ1) is 9.77. The average molecular weight is 207 g/mol. The van der Waals surface area contributed by atoms with Gasteiger partial charge in [0.1, 0.15) is 4.34 Å². The molecular weight excluding hydrogens is 196 g/mol. The number of anilines is 1. The average Bonchev–Trinajstić information content (AvgIpc) is 2.36. The minimum absolute atomic E-state index is 0.261. The van der Waals surface area contributed by atoms with E-state index in [9.17, 15) is 0 Å². The fourth-order valence-corrected chi connectivity index (χ4v) is 1.75. The van der Waals surface area contributed by atoms with Crippen molar-refractivity contribution in [2.45, 2.75) is 13.0 Å². The van der Waals surface area contributed by atoms with Crippen LogP contribution in [0.3, 0.4) is 0 Å². The molecule has 0 aromatic carbocycles. The van der Waals surface area contributed by atoms with Crippen molar-refractivity contribution in [2.75, 3.05) is 19.0 Å². The molecule has 0 aliphatic carbocycles. The molecule has 68 valence electrons. The third-order valence-corrected chi connectivity index (χ3v) is 2.31. The van der Waals surface area contributed by atoms with Crippen LogP contribution in [0.2, 0.25) is 4.34 Å². The fourth-order valence-electron chi connectivity index (χ4n) is 0.824. The summed E-state index contributed by atoms with van der Waals surface area (Å²) in [7, 11) is 1.67. The molecule has 0 saturated heterocycles. The van der Waals surface area contributed by atoms with E-state index < -0.39 is 0 Å². The van der Waals surface area contributed by atoms with E-state index in [0.717, 1.165) is 5.13 Å². The number of nitrogens with one attached hydrogen (secondary N) is 1. The van der Waals surface area contributed by atoms with Crippen LogP contribution in [0.4, 0.5) is 5.13 Å². The summed E-state index contributed by atoms with van der Waals surface area (Å²) in [5, 5.41) is 4.00. The van der Waals surface area contributed by atoms with E-state index in [-0.39, 0.29) is 6.04 Å². The van der Waals surface area contributed by atoms with Crippen molar-refractivity contribution in [3.8, 4) is 0 Å². The van der Waals surface area contributed by atoms with Crippen LogP contribution in [0.25, 0.3) is 0 Å². The Bertz CT molecular complexity index is 241. The molecule has 12 heavy (non-hydrogen) atoms. The number of aromatic nitrogens is 1. The van der Waals surface area contributed by atoms with Crippen molar-refractivity contribution in [3.05, 3.63) is 10.5 Å². The van der Waals surface area contributed by atoms with E-state index in [1.165, 1.54) is 11.3 Å². The summed E-state index contributed by atoms with van der Waals surface area (Å²) in [6, 6.07) is 0.261. The maximum atomic E-state index is 5.71. The number of methoxy groups -OCH3 is 1. The van der Waals surface area contributed by atoms with Gasteiger partial charge >= 0.3 is 0 Å². The molecular formula is C7H11ClN2OS. The van der Waals surface area contributed by atoms with Crippen molar-refractivity contribution in [1.29, 1.82) is 0 Å². The van der Waals surface area contributed by atoms with Gasteiger partial charge in [-0.1, -0.05) is 22.9 Å². The Kier molecular flexibility index (Phi) is 3.78. The molecule has 0 bridgehead atoms. The summed E-state index contributed by atoms with van der Waals surface area (Å²) < 4.78 is 5.66. The Hall–Kier alpha value is -0.320. The van der Waals surface area contributed by atoms with Crippen LogP contribution in [0, 0.1) is 0 Å². The predicted molar refractivity (Wildman–Crippen MR) is 52.1 cm³/mol. The topological polar surface area (TPSA) is 34.1 Å². The van der Waals surface area contributed by atoms with Crippen LogP contribution < -0.4 is 5.32 Å². The Balaban J connectivity index is 2.41. The summed E-state index contributed by atoms with van der Waals surface area (Å²) >= 11 is 7.14. The lowest BCUT2D eigenvalue weighted by Crippen LogP contribution is -2.20. The summed E-state index contributed by atoms with van der Waals surface area (Å²) in [5.74, 6) is 0. The lowest BCUT2D eigenvalue weighted by Gasteiger charge is -2.10. The van der Waals surface area contributed by atoms with Crippen molar-refractivity contribution < 1.29 is 4.74 Å². The quantitative estimate of drug-likeness (QED) is 0.821. The van der Waals surface area contributed by atoms with Crippen molar-refractivity contribution >= 4 is 28.1 Å². The second kappa shape index (κ2) is 4.64. The van der Waals surface area contributed by atoms with Crippen LogP contribution in [-0.2, 0) is 4.74 Å². The molecule has 1 aromatic heterocycles. The minimum atomic E-state index is 0.261. The second-order valence-corrected chi connectivity index (χ2v) is 4.13. The van der Waals surface area contributed by atoms with E-state index in [2.05, 4.69) is 10.3 Å². The number of hydrogen-bond donors (Lipinski definition) is 1. The molecule has 1 rings (SSSR count). The molecule has 3 nitrogen and oxygen atoms in total. The third-order valence-electron chi connectivity index (χ3n) is 1.26. The molecule has 1 atom stereocenters. The zero-order valence-electron chi connectivity index (χ0n) is 7.00. The van der Waals surface area contributed by atoms with Crippen LogP contribution in [-0.4, -0.2) is 24.7 Å². The van der Waals surface area contributed by atoms with Gasteiger partial charge in [0.15, 0.2) is 5.13 Å². The molecule has 0 fully saturated rings. The molecule has 1 aromatic rings. The number of hydrogen-bond acceptors (Lipinski definition) is 4. The standard InChI is InChI=1S/C7H11ClN2OS/c1-5(4-11-2)10-7-9-3-6(8)12-7/h3,5H,4H2,1-2H3,(H,9,10)/t5-/m1/s1. The predicted octanol–water partition coefficient (Wildman–Crippen LogP) is 2.24. The van der Waals surface area contributed by atoms with Gasteiger partial charge in [0.05, 0.1) is 12.8 Å². The van der Waals surface area contributed by atoms with Gasteiger partial charge in [-0.2, -0.15) is 0 Å². The van der Waals surface area contributed by atoms with Crippen LogP contribution in [0.5, 0.6) is 0 Å². The van der Waals surface area contributed by atoms with Gasteiger partial charge in [-0.05, 0) is 6.92 Å². The number of ether oxygens (including phenoxy) is 1. The summed E-state index contributed by atoms with van der Waals surface area (Å²) in [4.78, 5) is 4.06. The Morgan fingerprint density at radius 2 is 2.58 bits per heavy atom. The molecule has 1 heterocycles. The van der Waals surface area contributed by atoms with Gasteiger partial charge in [-0.15, -0.1) is 0 Å². The van der Waals surface area contributed by atoms with Gasteiger partial charge in [-0.25, -0.2) is 4.98 Å². The van der Waals surface area contributed by atoms with Crippen LogP contribution in [0.15, 0.2) is 6.20 Å². The van der Waals surface area contributed by atoms with Crippen LogP contribution >= 0.6 is 22.9 Å². The van der Waals surface area contributed by atoms with Gasteiger partial charge < -0.3 is 10.1 Å². The highest BCUT2D eigenvalue weighted by molar-refractivity contribution is 7.19. The number of halogens is 1. The molecule has 0 amide bonds. The molecule has 0 unspecified atom stereocenters. The SMILES string of the molecule is COC[C@@H](C)Nc1ncc(Cl)s1. The highest BCUT2D eigenvalue weighted by Crippen LogP contribution is 2.22. The molecule has 0 saturated carbocycles. The smallest absolute Gasteiger partial charge is 0.184 e. The molecule has 0 aliphatic heterocycles. The summed E-state index contributed by atoms with van der Waals surface area (Å²) in [5.41, 5.74) is 0. The maximum absolute atomic E-state index is 5.71. The van der Waals surface area contributed by atoms with Crippen molar-refractivity contribution in [3.63, 3.8) is 0 Å². The van der Waals surface area contributed by atoms with Gasteiger partial charge in [-0.3, -0.25) is 0 Å². The van der Waals surface area contributed by atoms with Gasteiger partial charge in [0.2, 0.25) is 0 Å². The van der Waals surface area contributed by atoms with E-state index >= 15 is 0 Å². The maximum Gasteiger partial charge on any atom is 0.184 e. The zero-order valence-corrected chi connectivity index (χ0v) is 8.58. The van der Waals surface area contributed by atoms with E-state index in [4.69, 9.17) is 16.3 Å². The molecule has 5 heteroatoms. The third kappa shape index (κ3) is 2.97. The van der Waals surface area contributed by atoms with E-state index in [1.807, 2.05) is 6.92 Å². The highest BCUT2D eigenvalue weighted by atomic mass is 35.5. The van der Waals surface area contributed by atoms with Crippen molar-refractivity contribution in [1.82, 2.24) is 4.98 Å². The van der Waals surface area contributed by atoms with Gasteiger partial charge in [0, 0.05) is 13.2 Å². The molecule has 0 aliphatic rings. The lowest BCUT2D eigenvalue weighted by molar-refractivity contribution is 0.190. The van der Waals surface area contributed by atoms with Crippen LogP contribution in [0.1, 0.15) is 6.92 Å². The minimum Gasteiger partial charge on any atom is -0.383 e. The number of nitrogens with zero attached hydrogens (tertiary/aromatic N) is 1. The van der Waals surface area contributed by atoms with Crippen molar-refractivity contribution in [2.24, 2.45) is 0 Å². The van der Waals surface area contributed by atoms with E-state index in [0.29, 0.717) is 10.9 Å². The normalized spacial score (nSPS) is 12.9. The first-order valence-corrected chi connectivity index (χ1v) is 4.78. The zero-order chi connectivity index (χ0) is 8.97. The molecule has 0 spiro atoms. The first-order valence-electron chi connectivity index (χ1n) is 3.59. The fraction of sp³-hybridized carbons (Fsp3) is 0.571. The Morgan fingerprint density at radius 1 is 1.83 bits per heavy atom. The summed E-state index contributed by atoms with van der Waals surface area (Å²) in [6.07, 6.45) is 1.63. The largest absolute Gasteiger partial charge is 0.383 e. The number of thiazole rings is 1. The summed E-state index contributed by atoms with van der Waals surface area (Å²) in [6.45, 7) is 2.69. The molecule has 1 N–H and O–H groups in total. The second-order valence-electron chi connectivity index (χ2n) is 2.47. The Morgan fingerprint density at radius 3 is 3.08 bits per heavy atom. The van der Waals surface area contributed by atoms with Gasteiger partial charge in [0.25, 0.3) is 0 Å². The monoisotopic (exact) mass is 206 g/mol. The lowest BCUT2D eigenvalue weighted by atomic mass is 10.4. The first-order chi connectivity index (χ1) is 5.72. The number of rotatable bonds is 4. The molecule has 0 radical (unpaired) electrons. The highest BCUT2D eigenvalue weighted by Gasteiger charge is 2.03.